The van der Waals surface area contributed by atoms with Gasteiger partial charge >= 0.3 is 6.09 Å². The van der Waals surface area contributed by atoms with Gasteiger partial charge in [0.1, 0.15) is 22.7 Å². The van der Waals surface area contributed by atoms with Crippen LogP contribution in [0.2, 0.25) is 0 Å². The van der Waals surface area contributed by atoms with Crippen molar-refractivity contribution in [2.24, 2.45) is 0 Å². The van der Waals surface area contributed by atoms with Crippen molar-refractivity contribution in [2.45, 2.75) is 57.0 Å². The first-order valence-electron chi connectivity index (χ1n) is 11.5. The summed E-state index contributed by atoms with van der Waals surface area (Å²) in [6, 6.07) is 5.33. The lowest BCUT2D eigenvalue weighted by Crippen LogP contribution is -2.34. The molecule has 2 fully saturated rings. The van der Waals surface area contributed by atoms with Gasteiger partial charge in [0, 0.05) is 19.7 Å². The van der Waals surface area contributed by atoms with Gasteiger partial charge in [-0.05, 0) is 61.8 Å². The predicted octanol–water partition coefficient (Wildman–Crippen LogP) is 4.06. The van der Waals surface area contributed by atoms with Gasteiger partial charge in [0.05, 0.1) is 6.20 Å². The van der Waals surface area contributed by atoms with E-state index in [4.69, 9.17) is 19.9 Å². The van der Waals surface area contributed by atoms with Gasteiger partial charge in [-0.25, -0.2) is 14.2 Å². The van der Waals surface area contributed by atoms with Crippen molar-refractivity contribution in [3.8, 4) is 23.3 Å². The molecule has 1 amide bonds. The standard InChI is InChI=1S/C25H26FN3O5/c26-20-14-28-23(27)19(6-8-25(9-10-25)34-21-3-1-2-12-32-21)22(20)33-18-5-4-16-7-11-29(24(30)31)15-17(16)13-18/h4-5,13-14,21H,1-3,7,9-12,15H2,(H2,27,28)(H,30,31). The van der Waals surface area contributed by atoms with Crippen LogP contribution in [-0.4, -0.2) is 46.1 Å². The molecule has 0 bridgehead atoms. The normalized spacial score (nSPS) is 20.6. The van der Waals surface area contributed by atoms with Crippen molar-refractivity contribution < 1.29 is 28.5 Å². The molecular formula is C25H26FN3O5. The molecule has 178 valence electrons. The molecule has 1 saturated carbocycles. The molecular weight excluding hydrogens is 441 g/mol. The minimum Gasteiger partial charge on any atom is -0.465 e. The number of hydrogen-bond donors (Lipinski definition) is 2. The van der Waals surface area contributed by atoms with Gasteiger partial charge in [-0.2, -0.15) is 0 Å². The zero-order valence-electron chi connectivity index (χ0n) is 18.7. The molecule has 3 aliphatic rings. The van der Waals surface area contributed by atoms with Crippen molar-refractivity contribution in [3.63, 3.8) is 0 Å². The van der Waals surface area contributed by atoms with E-state index in [-0.39, 0.29) is 30.0 Å². The Morgan fingerprint density at radius 3 is 2.91 bits per heavy atom. The largest absolute Gasteiger partial charge is 0.465 e. The van der Waals surface area contributed by atoms with Gasteiger partial charge in [0.25, 0.3) is 0 Å². The fourth-order valence-electron chi connectivity index (χ4n) is 4.20. The Kier molecular flexibility index (Phi) is 6.02. The van der Waals surface area contributed by atoms with Crippen molar-refractivity contribution in [2.75, 3.05) is 18.9 Å². The molecule has 2 aromatic rings. The van der Waals surface area contributed by atoms with E-state index in [0.717, 1.165) is 49.4 Å². The highest BCUT2D eigenvalue weighted by Gasteiger charge is 2.45. The van der Waals surface area contributed by atoms with Crippen LogP contribution in [0.3, 0.4) is 0 Å². The highest BCUT2D eigenvalue weighted by Crippen LogP contribution is 2.42. The maximum atomic E-state index is 14.8. The molecule has 1 aromatic heterocycles. The van der Waals surface area contributed by atoms with Crippen LogP contribution in [0.15, 0.2) is 24.4 Å². The minimum absolute atomic E-state index is 0.0589. The Hall–Kier alpha value is -3.35. The Balaban J connectivity index is 1.39. The van der Waals surface area contributed by atoms with Crippen molar-refractivity contribution >= 4 is 11.9 Å². The van der Waals surface area contributed by atoms with Gasteiger partial charge in [-0.3, -0.25) is 0 Å². The summed E-state index contributed by atoms with van der Waals surface area (Å²) < 4.78 is 32.4. The smallest absolute Gasteiger partial charge is 0.407 e. The molecule has 0 spiro atoms. The molecule has 1 aliphatic carbocycles. The topological polar surface area (TPSA) is 107 Å². The summed E-state index contributed by atoms with van der Waals surface area (Å²) in [5, 5.41) is 9.30. The van der Waals surface area contributed by atoms with E-state index in [1.165, 1.54) is 4.90 Å². The summed E-state index contributed by atoms with van der Waals surface area (Å²) in [5.74, 6) is 5.68. The number of ether oxygens (including phenoxy) is 3. The average Bonchev–Trinajstić information content (AvgIpc) is 3.60. The van der Waals surface area contributed by atoms with Gasteiger partial charge in [0.15, 0.2) is 17.9 Å². The number of benzene rings is 1. The number of amides is 1. The molecule has 1 aromatic carbocycles. The third-order valence-electron chi connectivity index (χ3n) is 6.31. The fraction of sp³-hybridized carbons (Fsp3) is 0.440. The number of carbonyl (C=O) groups is 1. The second-order valence-electron chi connectivity index (χ2n) is 8.84. The van der Waals surface area contributed by atoms with Gasteiger partial charge in [-0.1, -0.05) is 17.9 Å². The number of nitrogens with two attached hydrogens (primary N) is 1. The molecule has 9 heteroatoms. The molecule has 34 heavy (non-hydrogen) atoms. The highest BCUT2D eigenvalue weighted by molar-refractivity contribution is 5.66. The Morgan fingerprint density at radius 1 is 1.32 bits per heavy atom. The van der Waals surface area contributed by atoms with Crippen LogP contribution in [0.25, 0.3) is 0 Å². The number of nitrogen functional groups attached to an aromatic ring is 1. The Bertz CT molecular complexity index is 1170. The lowest BCUT2D eigenvalue weighted by Gasteiger charge is -2.26. The fourth-order valence-corrected chi connectivity index (χ4v) is 4.20. The van der Waals surface area contributed by atoms with E-state index in [1.54, 1.807) is 12.1 Å². The zero-order valence-corrected chi connectivity index (χ0v) is 18.7. The van der Waals surface area contributed by atoms with Crippen molar-refractivity contribution in [1.82, 2.24) is 9.88 Å². The average molecular weight is 467 g/mol. The SMILES string of the molecule is Nc1ncc(F)c(Oc2ccc3c(c2)CN(C(=O)O)CC3)c1C#CC1(OC2CCCCO2)CC1. The number of carboxylic acid groups (broad SMARTS) is 1. The first-order valence-corrected chi connectivity index (χ1v) is 11.5. The second kappa shape index (κ2) is 9.12. The van der Waals surface area contributed by atoms with Crippen molar-refractivity contribution in [1.29, 1.82) is 0 Å². The number of hydrogen-bond acceptors (Lipinski definition) is 6. The molecule has 2 aliphatic heterocycles. The predicted molar refractivity (Wildman–Crippen MR) is 121 cm³/mol. The third-order valence-corrected chi connectivity index (χ3v) is 6.31. The number of halogens is 1. The summed E-state index contributed by atoms with van der Waals surface area (Å²) in [6.45, 7) is 1.37. The minimum atomic E-state index is -0.975. The number of nitrogens with zero attached hydrogens (tertiary/aromatic N) is 2. The van der Waals surface area contributed by atoms with Crippen LogP contribution < -0.4 is 10.5 Å². The molecule has 3 heterocycles. The van der Waals surface area contributed by atoms with Crippen LogP contribution in [0.5, 0.6) is 11.5 Å². The van der Waals surface area contributed by atoms with Crippen LogP contribution in [-0.2, 0) is 22.4 Å². The summed E-state index contributed by atoms with van der Waals surface area (Å²) >= 11 is 0. The first kappa shape index (κ1) is 22.4. The van der Waals surface area contributed by atoms with Gasteiger partial charge < -0.3 is 30.0 Å². The van der Waals surface area contributed by atoms with Crippen LogP contribution in [0.1, 0.15) is 48.8 Å². The quantitative estimate of drug-likeness (QED) is 0.653. The van der Waals surface area contributed by atoms with Crippen LogP contribution >= 0.6 is 0 Å². The molecule has 5 rings (SSSR count). The molecule has 1 saturated heterocycles. The summed E-state index contributed by atoms with van der Waals surface area (Å²) in [5.41, 5.74) is 7.44. The van der Waals surface area contributed by atoms with Crippen LogP contribution in [0.4, 0.5) is 15.0 Å². The van der Waals surface area contributed by atoms with Crippen LogP contribution in [0, 0.1) is 17.7 Å². The highest BCUT2D eigenvalue weighted by atomic mass is 19.1. The molecule has 3 N–H and O–H groups in total. The Morgan fingerprint density at radius 2 is 2.18 bits per heavy atom. The maximum Gasteiger partial charge on any atom is 0.407 e. The third kappa shape index (κ3) is 4.79. The number of rotatable bonds is 4. The van der Waals surface area contributed by atoms with Gasteiger partial charge in [0.2, 0.25) is 0 Å². The van der Waals surface area contributed by atoms with E-state index in [1.807, 2.05) is 6.07 Å². The van der Waals surface area contributed by atoms with E-state index >= 15 is 0 Å². The maximum absolute atomic E-state index is 14.8. The van der Waals surface area contributed by atoms with Gasteiger partial charge in [-0.15, -0.1) is 0 Å². The summed E-state index contributed by atoms with van der Waals surface area (Å²) in [6.07, 6.45) is 4.82. The number of fused-ring (bicyclic) bond motifs is 1. The Labute approximate surface area is 196 Å². The van der Waals surface area contributed by atoms with Crippen molar-refractivity contribution in [3.05, 3.63) is 46.9 Å². The molecule has 1 unspecified atom stereocenters. The number of aromatic nitrogens is 1. The van der Waals surface area contributed by atoms with E-state index in [0.29, 0.717) is 25.3 Å². The molecule has 0 radical (unpaired) electrons. The zero-order chi connectivity index (χ0) is 23.7. The number of anilines is 1. The second-order valence-corrected chi connectivity index (χ2v) is 8.84. The summed E-state index contributed by atoms with van der Waals surface area (Å²) in [4.78, 5) is 16.6. The first-order chi connectivity index (χ1) is 16.4. The lowest BCUT2D eigenvalue weighted by atomic mass is 10.00. The lowest BCUT2D eigenvalue weighted by molar-refractivity contribution is -0.183. The number of pyridine rings is 1. The van der Waals surface area contributed by atoms with E-state index < -0.39 is 17.5 Å². The molecule has 1 atom stereocenters. The van der Waals surface area contributed by atoms with E-state index in [2.05, 4.69) is 16.8 Å². The van der Waals surface area contributed by atoms with E-state index in [9.17, 15) is 14.3 Å². The summed E-state index contributed by atoms with van der Waals surface area (Å²) in [7, 11) is 0. The molecule has 8 nitrogen and oxygen atoms in total. The monoisotopic (exact) mass is 467 g/mol.